The van der Waals surface area contributed by atoms with Gasteiger partial charge < -0.3 is 95.5 Å². The fourth-order valence-corrected chi connectivity index (χ4v) is 78.7. The third-order valence-electron chi connectivity index (χ3n) is 25.4. The Labute approximate surface area is 824 Å². The van der Waals surface area contributed by atoms with Crippen molar-refractivity contribution in [3.8, 4) is 23.0 Å². The summed E-state index contributed by atoms with van der Waals surface area (Å²) in [6, 6.07) is 116. The highest BCUT2D eigenvalue weighted by Crippen LogP contribution is 2.47. The third kappa shape index (κ3) is 24.1. The summed E-state index contributed by atoms with van der Waals surface area (Å²) in [5.41, 5.74) is 4.28. The molecule has 8 heterocycles. The van der Waals surface area contributed by atoms with E-state index in [1.54, 1.807) is 0 Å². The number of hydrogen-bond acceptors (Lipinski definition) is 22. The van der Waals surface area contributed by atoms with E-state index in [1.807, 2.05) is 291 Å². The van der Waals surface area contributed by atoms with E-state index in [1.165, 1.54) is 0 Å². The van der Waals surface area contributed by atoms with Crippen molar-refractivity contribution < 1.29 is 95.5 Å². The summed E-state index contributed by atoms with van der Waals surface area (Å²) in [5, 5.41) is 4.13. The lowest BCUT2D eigenvalue weighted by molar-refractivity contribution is 0.0479. The van der Waals surface area contributed by atoms with Crippen molar-refractivity contribution in [2.24, 2.45) is 0 Å². The van der Waals surface area contributed by atoms with Gasteiger partial charge in [-0.05, 0) is 174 Å². The van der Waals surface area contributed by atoms with Crippen LogP contribution in [0.15, 0.2) is 340 Å². The summed E-state index contributed by atoms with van der Waals surface area (Å²) in [7, 11) is -57.4. The Hall–Kier alpha value is -8.28. The zero-order valence-electron chi connectivity index (χ0n) is 79.8. The monoisotopic (exact) mass is 2060 g/mol. The summed E-state index contributed by atoms with van der Waals surface area (Å²) < 4.78 is 177. The van der Waals surface area contributed by atoms with Crippen LogP contribution < -0.4 is 60.4 Å². The minimum atomic E-state index is -5.68. The van der Waals surface area contributed by atoms with Crippen LogP contribution in [0, 0.1) is 0 Å². The molecule has 4 unspecified atom stereocenters. The molecule has 22 nitrogen and oxygen atoms in total. The van der Waals surface area contributed by atoms with Crippen molar-refractivity contribution in [2.75, 3.05) is 52.9 Å². The molecule has 4 bridgehead atoms. The number of benzene rings is 12. The minimum Gasteiger partial charge on any atom is -0.491 e. The van der Waals surface area contributed by atoms with Gasteiger partial charge in [0.1, 0.15) is 73.8 Å². The van der Waals surface area contributed by atoms with E-state index in [2.05, 4.69) is 101 Å². The van der Waals surface area contributed by atoms with E-state index in [0.717, 1.165) is 45.3 Å². The predicted molar refractivity (Wildman–Crippen MR) is 559 cm³/mol. The van der Waals surface area contributed by atoms with Crippen LogP contribution in [-0.2, 0) is 102 Å². The average molecular weight is 2060 g/mol. The van der Waals surface area contributed by atoms with Crippen LogP contribution >= 0.6 is 0 Å². The first kappa shape index (κ1) is 98.5. The molecule has 720 valence electrons. The largest absolute Gasteiger partial charge is 0.515 e. The predicted octanol–water partition coefficient (Wildman–Crippen LogP) is 15.5. The molecule has 12 aromatic carbocycles. The van der Waals surface area contributed by atoms with Gasteiger partial charge in [0.25, 0.3) is 0 Å². The van der Waals surface area contributed by atoms with Crippen molar-refractivity contribution in [3.63, 3.8) is 0 Å². The van der Waals surface area contributed by atoms with Gasteiger partial charge in [-0.1, -0.05) is 315 Å². The highest BCUT2D eigenvalue weighted by atomic mass is 28.6. The van der Waals surface area contributed by atoms with E-state index in [0.29, 0.717) is 170 Å². The molecule has 8 aliphatic rings. The molecule has 20 rings (SSSR count). The van der Waals surface area contributed by atoms with Crippen LogP contribution in [0.3, 0.4) is 0 Å². The molecular formula is C104H124O22Si12. The minimum absolute atomic E-state index is 0.0617. The van der Waals surface area contributed by atoms with Crippen LogP contribution in [0.4, 0.5) is 0 Å². The van der Waals surface area contributed by atoms with Gasteiger partial charge in [0.15, 0.2) is 33.3 Å². The third-order valence-corrected chi connectivity index (χ3v) is 74.6. The molecule has 138 heavy (non-hydrogen) atoms. The van der Waals surface area contributed by atoms with E-state index in [9.17, 15) is 41.2 Å². The maximum atomic E-state index is 9.48. The summed E-state index contributed by atoms with van der Waals surface area (Å²) in [4.78, 5) is 0. The Morgan fingerprint density at radius 1 is 0.210 bits per heavy atom. The first-order valence-corrected chi connectivity index (χ1v) is 74.7. The normalized spacial score (nSPS) is 26.3. The van der Waals surface area contributed by atoms with Crippen molar-refractivity contribution in [1.82, 2.24) is 0 Å². The van der Waals surface area contributed by atoms with E-state index in [-0.39, 0.29) is 24.4 Å². The van der Waals surface area contributed by atoms with Crippen LogP contribution in [-0.4, -0.2) is 181 Å². The lowest BCUT2D eigenvalue weighted by Gasteiger charge is -2.58. The molecule has 34 heteroatoms. The highest BCUT2D eigenvalue weighted by molar-refractivity contribution is 7.11. The molecule has 0 saturated carbocycles. The molecule has 0 spiro atoms. The summed E-state index contributed by atoms with van der Waals surface area (Å²) in [6.45, 7) is 22.5. The SMILES string of the molecule is C[Si](C)(CCCc1ccccc1OCC1CO1)O[Si]1(c2ccccc2)O[Si]2(c3ccccc3)O[Si](O[Si](C)(C)CCCc3ccccc3OCC3CO3)(c3ccccc3)O[Si](c3ccccc3)(O1)O[Si]1(c3ccccc3)O[Si](O[Si](C)(C)CCCc3ccccc3OCC3CO3)(c3ccccc3)O[Si](c3ccccc3)(O[Si](O[Si](C)(C)CCCc3ccccc3OCC3CO3)(c3ccccc3)O1)O2. The van der Waals surface area contributed by atoms with Crippen molar-refractivity contribution >= 4 is 145 Å². The Balaban J connectivity index is 0.890. The number of ether oxygens (including phenoxy) is 8. The Morgan fingerprint density at radius 2 is 0.370 bits per heavy atom. The number of fused-ring (bicyclic) bond motifs is 4. The smallest absolute Gasteiger partial charge is 0.491 e. The van der Waals surface area contributed by atoms with Crippen molar-refractivity contribution in [1.29, 1.82) is 0 Å². The van der Waals surface area contributed by atoms with Crippen molar-refractivity contribution in [3.05, 3.63) is 362 Å². The van der Waals surface area contributed by atoms with E-state index < -0.39 is 104 Å². The number of aryl methyl sites for hydroxylation is 4. The Kier molecular flexibility index (Phi) is 30.5. The molecule has 0 N–H and O–H groups in total. The first-order chi connectivity index (χ1) is 66.9. The average Bonchev–Trinajstić information content (AvgIpc) is 1.60. The number of hydrogen-bond donors (Lipinski definition) is 0. The fourth-order valence-electron chi connectivity index (χ4n) is 18.1. The molecule has 0 radical (unpaired) electrons. The summed E-state index contributed by atoms with van der Waals surface area (Å²) >= 11 is 0. The lowest BCUT2D eigenvalue weighted by atomic mass is 10.1. The molecule has 0 amide bonds. The van der Waals surface area contributed by atoms with Crippen LogP contribution in [0.1, 0.15) is 47.9 Å². The summed E-state index contributed by atoms with van der Waals surface area (Å²) in [5.74, 6) is 3.26. The molecule has 4 atom stereocenters. The lowest BCUT2D eigenvalue weighted by Crippen LogP contribution is -2.91. The molecule has 8 fully saturated rings. The second-order valence-electron chi connectivity index (χ2n) is 38.8. The van der Waals surface area contributed by atoms with Crippen LogP contribution in [0.2, 0.25) is 76.6 Å². The highest BCUT2D eigenvalue weighted by Gasteiger charge is 2.81. The maximum Gasteiger partial charge on any atom is 0.515 e. The van der Waals surface area contributed by atoms with Gasteiger partial charge in [0.2, 0.25) is 0 Å². The van der Waals surface area contributed by atoms with Gasteiger partial charge in [-0.15, -0.1) is 0 Å². The fraction of sp³-hybridized carbons (Fsp3) is 0.308. The second-order valence-corrected chi connectivity index (χ2v) is 79.8. The maximum absolute atomic E-state index is 9.48. The van der Waals surface area contributed by atoms with Gasteiger partial charge in [-0.3, -0.25) is 0 Å². The van der Waals surface area contributed by atoms with Crippen LogP contribution in [0.25, 0.3) is 0 Å². The van der Waals surface area contributed by atoms with Gasteiger partial charge in [0, 0.05) is 41.5 Å². The number of para-hydroxylation sites is 4. The molecule has 0 aromatic heterocycles. The number of epoxide rings is 4. The van der Waals surface area contributed by atoms with Gasteiger partial charge in [0.05, 0.1) is 26.4 Å². The zero-order chi connectivity index (χ0) is 94.8. The molecule has 8 aliphatic heterocycles. The summed E-state index contributed by atoms with van der Waals surface area (Å²) in [6.07, 6.45) is 5.60. The topological polar surface area (TPSA) is 216 Å². The van der Waals surface area contributed by atoms with Gasteiger partial charge in [-0.2, -0.15) is 0 Å². The van der Waals surface area contributed by atoms with Gasteiger partial charge >= 0.3 is 70.4 Å². The molecule has 12 aromatic rings. The first-order valence-electron chi connectivity index (χ1n) is 48.5. The van der Waals surface area contributed by atoms with Crippen LogP contribution in [0.5, 0.6) is 23.0 Å². The number of rotatable bonds is 44. The molecule has 0 aliphatic carbocycles. The standard InChI is InChI=1S/C104H124O22Si12/c1-127(2,73-41-49-85-45-33-37-69-101(85)109-81-89-77-105-89)113-131(93-53-17-9-18-54-93)117-135(97-61-25-13-26-62-97)119-132(94-55-19-10-20-56-94,114-128(3,4)74-42-50-86-46-34-38-70-102(86)110-82-90-78-106-90)120-136(118-131,98-63-27-14-28-64-98)126-138(100-67-31-16-32-68-100)122-133(95-57-21-11-22-58-95,115-129(5,6)75-43-51-87-47-35-39-71-103(87)111-83-91-79-107-91)121-137(125-135,99-65-29-15-30-66-99)123-134(124-138,96-59-23-12-24-60-96)116-130(7,8)76-44-52-88-48-36-40-72-104(88)112-84-92-80-108-92/h9-40,45-48,53-72,89-92H,41-44,49-52,73-84H2,1-8H3. The van der Waals surface area contributed by atoms with Crippen molar-refractivity contribution in [2.45, 2.75) is 152 Å². The van der Waals surface area contributed by atoms with E-state index in [4.69, 9.17) is 54.4 Å². The second kappa shape index (κ2) is 42.7. The van der Waals surface area contributed by atoms with E-state index >= 15 is 0 Å². The molecular weight excluding hydrogens is 1940 g/mol. The Bertz CT molecular complexity index is 5230. The Morgan fingerprint density at radius 3 is 0.543 bits per heavy atom. The molecule has 8 saturated heterocycles. The zero-order valence-corrected chi connectivity index (χ0v) is 91.8. The van der Waals surface area contributed by atoms with Gasteiger partial charge in [-0.25, -0.2) is 0 Å². The quantitative estimate of drug-likeness (QED) is 0.0256.